The second-order valence-electron chi connectivity index (χ2n) is 5.72. The lowest BCUT2D eigenvalue weighted by Gasteiger charge is -2.27. The van der Waals surface area contributed by atoms with Crippen LogP contribution in [0.25, 0.3) is 10.9 Å². The summed E-state index contributed by atoms with van der Waals surface area (Å²) in [4.78, 5) is 4.68. The summed E-state index contributed by atoms with van der Waals surface area (Å²) in [5.41, 5.74) is 9.55. The predicted octanol–water partition coefficient (Wildman–Crippen LogP) is 3.59. The van der Waals surface area contributed by atoms with Gasteiger partial charge < -0.3 is 5.73 Å². The molecule has 2 N–H and O–H groups in total. The summed E-state index contributed by atoms with van der Waals surface area (Å²) >= 11 is 0. The molecule has 0 saturated heterocycles. The number of aryl methyl sites for hydroxylation is 1. The molecule has 0 saturated carbocycles. The van der Waals surface area contributed by atoms with Crippen molar-refractivity contribution >= 4 is 10.9 Å². The van der Waals surface area contributed by atoms with Crippen molar-refractivity contribution in [2.75, 3.05) is 0 Å². The number of aromatic nitrogens is 1. The third kappa shape index (κ3) is 2.32. The number of nitrogens with two attached hydrogens (primary N) is 1. The number of para-hydroxylation sites is 1. The number of benzene rings is 1. The molecule has 0 bridgehead atoms. The highest BCUT2D eigenvalue weighted by Crippen LogP contribution is 2.31. The zero-order valence-corrected chi connectivity index (χ0v) is 11.0. The molecule has 1 aromatic carbocycles. The third-order valence-electron chi connectivity index (χ3n) is 3.19. The van der Waals surface area contributed by atoms with E-state index in [0.29, 0.717) is 0 Å². The van der Waals surface area contributed by atoms with Crippen LogP contribution in [-0.2, 0) is 0 Å². The molecule has 0 aliphatic heterocycles. The number of pyridine rings is 1. The van der Waals surface area contributed by atoms with Crippen LogP contribution in [-0.4, -0.2) is 4.98 Å². The molecule has 0 spiro atoms. The molecule has 90 valence electrons. The van der Waals surface area contributed by atoms with Gasteiger partial charge in [-0.15, -0.1) is 0 Å². The molecule has 0 aliphatic carbocycles. The van der Waals surface area contributed by atoms with Gasteiger partial charge in [0.1, 0.15) is 0 Å². The number of rotatable bonds is 1. The van der Waals surface area contributed by atoms with E-state index in [0.717, 1.165) is 11.2 Å². The smallest absolute Gasteiger partial charge is 0.0708 e. The summed E-state index contributed by atoms with van der Waals surface area (Å²) in [6, 6.07) is 10.3. The second kappa shape index (κ2) is 4.11. The Labute approximate surface area is 103 Å². The molecule has 1 aromatic heterocycles. The molecule has 0 amide bonds. The van der Waals surface area contributed by atoms with Crippen LogP contribution in [0.3, 0.4) is 0 Å². The number of nitrogens with zero attached hydrogens (tertiary/aromatic N) is 1. The Morgan fingerprint density at radius 1 is 1.18 bits per heavy atom. The highest BCUT2D eigenvalue weighted by atomic mass is 14.8. The Balaban J connectivity index is 2.58. The molecule has 0 fully saturated rings. The zero-order valence-electron chi connectivity index (χ0n) is 11.0. The highest BCUT2D eigenvalue weighted by molar-refractivity contribution is 5.82. The first-order valence-electron chi connectivity index (χ1n) is 6.01. The third-order valence-corrected chi connectivity index (χ3v) is 3.19. The van der Waals surface area contributed by atoms with Crippen molar-refractivity contribution < 1.29 is 0 Å². The molecule has 0 aliphatic rings. The normalized spacial score (nSPS) is 13.9. The summed E-state index contributed by atoms with van der Waals surface area (Å²) in [7, 11) is 0. The second-order valence-corrected chi connectivity index (χ2v) is 5.72. The Morgan fingerprint density at radius 2 is 1.82 bits per heavy atom. The van der Waals surface area contributed by atoms with Crippen LogP contribution in [0.2, 0.25) is 0 Å². The largest absolute Gasteiger partial charge is 0.322 e. The number of hydrogen-bond acceptors (Lipinski definition) is 2. The molecule has 2 nitrogen and oxygen atoms in total. The molecular formula is C15H20N2. The van der Waals surface area contributed by atoms with Crippen molar-refractivity contribution in [3.05, 3.63) is 41.6 Å². The fourth-order valence-electron chi connectivity index (χ4n) is 1.98. The summed E-state index contributed by atoms with van der Waals surface area (Å²) in [6.45, 7) is 8.54. The van der Waals surface area contributed by atoms with Crippen molar-refractivity contribution in [2.45, 2.75) is 33.7 Å². The van der Waals surface area contributed by atoms with Crippen molar-refractivity contribution in [2.24, 2.45) is 11.1 Å². The van der Waals surface area contributed by atoms with Gasteiger partial charge in [-0.05, 0) is 30.0 Å². The lowest BCUT2D eigenvalue weighted by molar-refractivity contribution is 0.322. The maximum absolute atomic E-state index is 6.27. The monoisotopic (exact) mass is 228 g/mol. The Hall–Kier alpha value is -1.41. The Morgan fingerprint density at radius 3 is 2.47 bits per heavy atom. The van der Waals surface area contributed by atoms with Crippen molar-refractivity contribution in [3.63, 3.8) is 0 Å². The summed E-state index contributed by atoms with van der Waals surface area (Å²) < 4.78 is 0. The standard InChI is InChI=1S/C15H20N2/c1-10-9-13(14(16)15(2,3)4)17-12-8-6-5-7-11(10)12/h5-9,14H,16H2,1-4H3. The van der Waals surface area contributed by atoms with Crippen LogP contribution in [0.4, 0.5) is 0 Å². The van der Waals surface area contributed by atoms with E-state index < -0.39 is 0 Å². The van der Waals surface area contributed by atoms with E-state index in [9.17, 15) is 0 Å². The van der Waals surface area contributed by atoms with Gasteiger partial charge in [-0.25, -0.2) is 0 Å². The minimum Gasteiger partial charge on any atom is -0.322 e. The fraction of sp³-hybridized carbons (Fsp3) is 0.400. The van der Waals surface area contributed by atoms with E-state index in [1.165, 1.54) is 10.9 Å². The molecule has 0 radical (unpaired) electrons. The minimum atomic E-state index is -0.0363. The van der Waals surface area contributed by atoms with E-state index in [-0.39, 0.29) is 11.5 Å². The first kappa shape index (κ1) is 12.1. The average molecular weight is 228 g/mol. The molecular weight excluding hydrogens is 208 g/mol. The molecule has 1 unspecified atom stereocenters. The molecule has 1 heterocycles. The highest BCUT2D eigenvalue weighted by Gasteiger charge is 2.23. The van der Waals surface area contributed by atoms with Crippen LogP contribution in [0.15, 0.2) is 30.3 Å². The van der Waals surface area contributed by atoms with E-state index >= 15 is 0 Å². The summed E-state index contributed by atoms with van der Waals surface area (Å²) in [6.07, 6.45) is 0. The molecule has 2 heteroatoms. The molecule has 2 rings (SSSR count). The Kier molecular flexibility index (Phi) is 2.92. The first-order chi connectivity index (χ1) is 7.89. The van der Waals surface area contributed by atoms with Crippen molar-refractivity contribution in [3.8, 4) is 0 Å². The maximum atomic E-state index is 6.27. The van der Waals surface area contributed by atoms with E-state index in [1.807, 2.05) is 18.2 Å². The lowest BCUT2D eigenvalue weighted by Crippen LogP contribution is -2.27. The quantitative estimate of drug-likeness (QED) is 0.810. The molecule has 17 heavy (non-hydrogen) atoms. The minimum absolute atomic E-state index is 0.0297. The maximum Gasteiger partial charge on any atom is 0.0708 e. The topological polar surface area (TPSA) is 38.9 Å². The van der Waals surface area contributed by atoms with Crippen LogP contribution in [0, 0.1) is 12.3 Å². The zero-order chi connectivity index (χ0) is 12.6. The van der Waals surface area contributed by atoms with Crippen LogP contribution in [0.5, 0.6) is 0 Å². The van der Waals surface area contributed by atoms with Gasteiger partial charge in [-0.3, -0.25) is 4.98 Å². The summed E-state index contributed by atoms with van der Waals surface area (Å²) in [5.74, 6) is 0. The molecule has 2 aromatic rings. The van der Waals surface area contributed by atoms with E-state index in [2.05, 4.69) is 44.8 Å². The SMILES string of the molecule is Cc1cc(C(N)C(C)(C)C)nc2ccccc12. The number of fused-ring (bicyclic) bond motifs is 1. The fourth-order valence-corrected chi connectivity index (χ4v) is 1.98. The van der Waals surface area contributed by atoms with Crippen LogP contribution >= 0.6 is 0 Å². The Bertz CT molecular complexity index is 538. The predicted molar refractivity (Wildman–Crippen MR) is 72.9 cm³/mol. The van der Waals surface area contributed by atoms with Gasteiger partial charge in [-0.2, -0.15) is 0 Å². The van der Waals surface area contributed by atoms with Gasteiger partial charge >= 0.3 is 0 Å². The van der Waals surface area contributed by atoms with Crippen molar-refractivity contribution in [1.82, 2.24) is 4.98 Å². The first-order valence-corrected chi connectivity index (χ1v) is 6.01. The van der Waals surface area contributed by atoms with Gasteiger partial charge in [0.05, 0.1) is 17.3 Å². The van der Waals surface area contributed by atoms with Gasteiger partial charge in [0.15, 0.2) is 0 Å². The van der Waals surface area contributed by atoms with Gasteiger partial charge in [0, 0.05) is 5.39 Å². The molecule has 1 atom stereocenters. The van der Waals surface area contributed by atoms with Crippen LogP contribution < -0.4 is 5.73 Å². The van der Waals surface area contributed by atoms with Crippen LogP contribution in [0.1, 0.15) is 38.1 Å². The lowest BCUT2D eigenvalue weighted by atomic mass is 9.85. The van der Waals surface area contributed by atoms with Crippen molar-refractivity contribution in [1.29, 1.82) is 0 Å². The number of hydrogen-bond donors (Lipinski definition) is 1. The summed E-state index contributed by atoms with van der Waals surface area (Å²) in [5, 5.41) is 1.21. The van der Waals surface area contributed by atoms with Gasteiger partial charge in [0.2, 0.25) is 0 Å². The van der Waals surface area contributed by atoms with E-state index in [1.54, 1.807) is 0 Å². The van der Waals surface area contributed by atoms with E-state index in [4.69, 9.17) is 5.73 Å². The average Bonchev–Trinajstić information content (AvgIpc) is 2.27. The van der Waals surface area contributed by atoms with Gasteiger partial charge in [0.25, 0.3) is 0 Å². The van der Waals surface area contributed by atoms with Gasteiger partial charge in [-0.1, -0.05) is 39.0 Å².